The van der Waals surface area contributed by atoms with Crippen LogP contribution >= 0.6 is 0 Å². The Bertz CT molecular complexity index is 1260. The van der Waals surface area contributed by atoms with Crippen LogP contribution in [-0.4, -0.2) is 44.3 Å². The van der Waals surface area contributed by atoms with Crippen molar-refractivity contribution in [3.05, 3.63) is 52.4 Å². The second-order valence-corrected chi connectivity index (χ2v) is 8.99. The highest BCUT2D eigenvalue weighted by atomic mass is 16.5. The molecule has 0 unspecified atom stereocenters. The molecule has 0 aromatic carbocycles. The Balaban J connectivity index is 1.61. The monoisotopic (exact) mass is 462 g/mol. The van der Waals surface area contributed by atoms with Gasteiger partial charge >= 0.3 is 5.69 Å². The lowest BCUT2D eigenvalue weighted by Gasteiger charge is -2.42. The van der Waals surface area contributed by atoms with Gasteiger partial charge in [-0.2, -0.15) is 4.98 Å². The van der Waals surface area contributed by atoms with E-state index in [0.29, 0.717) is 35.0 Å². The average molecular weight is 463 g/mol. The number of hydrogen-bond donors (Lipinski definition) is 0. The summed E-state index contributed by atoms with van der Waals surface area (Å²) in [7, 11) is 1.67. The van der Waals surface area contributed by atoms with Crippen molar-refractivity contribution in [1.29, 1.82) is 0 Å². The van der Waals surface area contributed by atoms with Crippen LogP contribution in [0.3, 0.4) is 0 Å². The summed E-state index contributed by atoms with van der Waals surface area (Å²) in [6.07, 6.45) is 3.39. The van der Waals surface area contributed by atoms with Gasteiger partial charge in [-0.1, -0.05) is 13.5 Å². The zero-order chi connectivity index (χ0) is 24.4. The standard InChI is InChI=1S/C25H30N6O3/c1-7-17-14-31(24-23-19(30(6)25(32)29-24)9-10-21(26-5)28-23)16(4)12-20(17)34-22-11-8-18(13-27-22)33-15(2)3/h8-11,13,15-17,20H,7,12,14H2,1-4,6H3/t16-,17-,20+/m1/s1. The molecule has 0 bridgehead atoms. The molecule has 0 radical (unpaired) electrons. The number of hydrogen-bond acceptors (Lipinski definition) is 7. The first-order valence-electron chi connectivity index (χ1n) is 11.6. The lowest BCUT2D eigenvalue weighted by Crippen LogP contribution is -2.51. The molecule has 1 aliphatic heterocycles. The second kappa shape index (κ2) is 9.67. The van der Waals surface area contributed by atoms with Gasteiger partial charge in [-0.3, -0.25) is 4.57 Å². The Kier molecular flexibility index (Phi) is 6.68. The molecule has 3 aromatic heterocycles. The SMILES string of the molecule is [C-]#[N+]c1ccc2c(n1)c(N1C[C@@H](CC)[C@@H](Oc3ccc(OC(C)C)cn3)C[C@H]1C)nc(=O)n2C. The molecule has 4 heterocycles. The zero-order valence-electron chi connectivity index (χ0n) is 20.2. The van der Waals surface area contributed by atoms with Crippen molar-refractivity contribution in [2.45, 2.75) is 58.8 Å². The van der Waals surface area contributed by atoms with Crippen molar-refractivity contribution in [3.8, 4) is 11.6 Å². The fourth-order valence-electron chi connectivity index (χ4n) is 4.43. The van der Waals surface area contributed by atoms with Gasteiger partial charge in [0, 0.05) is 38.0 Å². The van der Waals surface area contributed by atoms with E-state index in [4.69, 9.17) is 16.0 Å². The predicted molar refractivity (Wildman–Crippen MR) is 131 cm³/mol. The maximum absolute atomic E-state index is 12.6. The van der Waals surface area contributed by atoms with E-state index >= 15 is 0 Å². The van der Waals surface area contributed by atoms with Gasteiger partial charge in [-0.15, -0.1) is 4.98 Å². The molecule has 34 heavy (non-hydrogen) atoms. The van der Waals surface area contributed by atoms with Crippen LogP contribution < -0.4 is 20.1 Å². The highest BCUT2D eigenvalue weighted by Crippen LogP contribution is 2.34. The summed E-state index contributed by atoms with van der Waals surface area (Å²) in [5.74, 6) is 2.30. The third-order valence-electron chi connectivity index (χ3n) is 6.25. The van der Waals surface area contributed by atoms with Gasteiger partial charge in [0.15, 0.2) is 5.82 Å². The van der Waals surface area contributed by atoms with E-state index < -0.39 is 0 Å². The van der Waals surface area contributed by atoms with Crippen LogP contribution in [0, 0.1) is 12.5 Å². The molecule has 1 aliphatic rings. The van der Waals surface area contributed by atoms with Crippen molar-refractivity contribution in [1.82, 2.24) is 19.5 Å². The van der Waals surface area contributed by atoms with Gasteiger partial charge in [-0.25, -0.2) is 9.78 Å². The summed E-state index contributed by atoms with van der Waals surface area (Å²) in [6.45, 7) is 16.2. The number of pyridine rings is 2. The highest BCUT2D eigenvalue weighted by Gasteiger charge is 2.36. The van der Waals surface area contributed by atoms with Crippen LogP contribution in [0.25, 0.3) is 15.9 Å². The number of fused-ring (bicyclic) bond motifs is 1. The number of ether oxygens (including phenoxy) is 2. The van der Waals surface area contributed by atoms with E-state index in [2.05, 4.69) is 38.5 Å². The summed E-state index contributed by atoms with van der Waals surface area (Å²) in [4.78, 5) is 31.5. The second-order valence-electron chi connectivity index (χ2n) is 8.99. The molecule has 0 amide bonds. The fourth-order valence-corrected chi connectivity index (χ4v) is 4.43. The summed E-state index contributed by atoms with van der Waals surface area (Å²) >= 11 is 0. The minimum Gasteiger partial charge on any atom is -0.489 e. The van der Waals surface area contributed by atoms with Gasteiger partial charge in [0.25, 0.3) is 5.82 Å². The smallest absolute Gasteiger partial charge is 0.350 e. The molecule has 0 saturated carbocycles. The van der Waals surface area contributed by atoms with Crippen molar-refractivity contribution >= 4 is 22.7 Å². The summed E-state index contributed by atoms with van der Waals surface area (Å²) in [5.41, 5.74) is 0.888. The van der Waals surface area contributed by atoms with Crippen LogP contribution in [0.2, 0.25) is 0 Å². The lowest BCUT2D eigenvalue weighted by atomic mass is 9.88. The van der Waals surface area contributed by atoms with Crippen molar-refractivity contribution in [2.24, 2.45) is 13.0 Å². The Morgan fingerprint density at radius 3 is 2.68 bits per heavy atom. The number of aryl methyl sites for hydroxylation is 1. The molecule has 0 spiro atoms. The van der Waals surface area contributed by atoms with Crippen molar-refractivity contribution in [3.63, 3.8) is 0 Å². The first-order chi connectivity index (χ1) is 16.3. The van der Waals surface area contributed by atoms with Crippen LogP contribution in [0.4, 0.5) is 11.6 Å². The highest BCUT2D eigenvalue weighted by molar-refractivity contribution is 5.87. The predicted octanol–water partition coefficient (Wildman–Crippen LogP) is 4.13. The van der Waals surface area contributed by atoms with Crippen LogP contribution in [0.1, 0.15) is 40.5 Å². The van der Waals surface area contributed by atoms with E-state index in [1.54, 1.807) is 25.4 Å². The van der Waals surface area contributed by atoms with Crippen LogP contribution in [-0.2, 0) is 7.05 Å². The average Bonchev–Trinajstić information content (AvgIpc) is 2.82. The topological polar surface area (TPSA) is 86.7 Å². The van der Waals surface area contributed by atoms with Crippen LogP contribution in [0.15, 0.2) is 35.3 Å². The molecule has 178 valence electrons. The van der Waals surface area contributed by atoms with Gasteiger partial charge < -0.3 is 19.2 Å². The Labute approximate surface area is 199 Å². The Morgan fingerprint density at radius 1 is 1.24 bits per heavy atom. The molecule has 9 nitrogen and oxygen atoms in total. The van der Waals surface area contributed by atoms with Crippen molar-refractivity contribution in [2.75, 3.05) is 11.4 Å². The number of anilines is 1. The first kappa shape index (κ1) is 23.5. The Morgan fingerprint density at radius 2 is 2.03 bits per heavy atom. The maximum atomic E-state index is 12.6. The zero-order valence-corrected chi connectivity index (χ0v) is 20.2. The van der Waals surface area contributed by atoms with Gasteiger partial charge in [0.2, 0.25) is 11.4 Å². The van der Waals surface area contributed by atoms with E-state index in [1.807, 2.05) is 26.0 Å². The molecular formula is C25H30N6O3. The molecule has 3 aromatic rings. The molecule has 0 N–H and O–H groups in total. The third-order valence-corrected chi connectivity index (χ3v) is 6.25. The van der Waals surface area contributed by atoms with E-state index in [1.165, 1.54) is 4.57 Å². The van der Waals surface area contributed by atoms with Crippen molar-refractivity contribution < 1.29 is 9.47 Å². The van der Waals surface area contributed by atoms with Crippen LogP contribution in [0.5, 0.6) is 11.6 Å². The molecule has 3 atom stereocenters. The molecular weight excluding hydrogens is 432 g/mol. The Hall–Kier alpha value is -3.67. The maximum Gasteiger partial charge on any atom is 0.350 e. The van der Waals surface area contributed by atoms with E-state index in [-0.39, 0.29) is 35.7 Å². The number of aromatic nitrogens is 4. The summed E-state index contributed by atoms with van der Waals surface area (Å²) in [6, 6.07) is 7.16. The van der Waals surface area contributed by atoms with Gasteiger partial charge in [-0.05, 0) is 45.4 Å². The fraction of sp³-hybridized carbons (Fsp3) is 0.480. The summed E-state index contributed by atoms with van der Waals surface area (Å²) < 4.78 is 13.4. The molecule has 1 saturated heterocycles. The molecule has 4 rings (SSSR count). The third kappa shape index (κ3) is 4.67. The first-order valence-corrected chi connectivity index (χ1v) is 11.6. The van der Waals surface area contributed by atoms with Gasteiger partial charge in [0.05, 0.1) is 17.8 Å². The number of rotatable bonds is 6. The quantitative estimate of drug-likeness (QED) is 0.509. The van der Waals surface area contributed by atoms with E-state index in [9.17, 15) is 4.79 Å². The van der Waals surface area contributed by atoms with Gasteiger partial charge in [0.1, 0.15) is 11.9 Å². The molecule has 1 fully saturated rings. The summed E-state index contributed by atoms with van der Waals surface area (Å²) in [5, 5.41) is 0. The van der Waals surface area contributed by atoms with E-state index in [0.717, 1.165) is 12.8 Å². The minimum atomic E-state index is -0.341. The molecule has 9 heteroatoms. The lowest BCUT2D eigenvalue weighted by molar-refractivity contribution is 0.0908. The largest absolute Gasteiger partial charge is 0.489 e. The number of nitrogens with zero attached hydrogens (tertiary/aromatic N) is 6. The normalized spacial score (nSPS) is 20.4. The number of piperidine rings is 1. The minimum absolute atomic E-state index is 0.0230. The molecule has 0 aliphatic carbocycles.